The van der Waals surface area contributed by atoms with Gasteiger partial charge in [0.05, 0.1) is 11.2 Å². The number of halogens is 1. The van der Waals surface area contributed by atoms with Gasteiger partial charge in [0.15, 0.2) is 0 Å². The van der Waals surface area contributed by atoms with Crippen LogP contribution in [0.1, 0.15) is 39.6 Å². The van der Waals surface area contributed by atoms with Crippen molar-refractivity contribution in [1.29, 1.82) is 0 Å². The molecule has 5 rings (SSSR count). The molecule has 2 aliphatic rings. The Balaban J connectivity index is 1.32. The van der Waals surface area contributed by atoms with Gasteiger partial charge in [0, 0.05) is 49.4 Å². The molecule has 1 aromatic heterocycles. The zero-order chi connectivity index (χ0) is 25.6. The molecule has 10 nitrogen and oxygen atoms in total. The smallest absolute Gasteiger partial charge is 0.477 e. The van der Waals surface area contributed by atoms with Gasteiger partial charge in [-0.15, -0.1) is 0 Å². The second kappa shape index (κ2) is 9.38. The van der Waals surface area contributed by atoms with Crippen LogP contribution in [-0.4, -0.2) is 69.9 Å². The van der Waals surface area contributed by atoms with Crippen LogP contribution in [0.25, 0.3) is 10.9 Å². The lowest BCUT2D eigenvalue weighted by Gasteiger charge is -2.36. The maximum Gasteiger partial charge on any atom is 0.488 e. The van der Waals surface area contributed by atoms with Crippen molar-refractivity contribution in [3.05, 3.63) is 69.8 Å². The highest BCUT2D eigenvalue weighted by Crippen LogP contribution is 2.38. The van der Waals surface area contributed by atoms with Crippen molar-refractivity contribution < 1.29 is 29.1 Å². The zero-order valence-electron chi connectivity index (χ0n) is 19.2. The Bertz CT molecular complexity index is 1400. The molecule has 0 spiro atoms. The predicted molar refractivity (Wildman–Crippen MR) is 131 cm³/mol. The summed E-state index contributed by atoms with van der Waals surface area (Å²) >= 11 is 0. The minimum atomic E-state index is -1.61. The minimum Gasteiger partial charge on any atom is -0.477 e. The number of fused-ring (bicyclic) bond motifs is 1. The molecule has 4 N–H and O–H groups in total. The Morgan fingerprint density at radius 3 is 2.28 bits per heavy atom. The number of anilines is 1. The molecular weight excluding hydrogens is 470 g/mol. The molecule has 0 bridgehead atoms. The van der Waals surface area contributed by atoms with Gasteiger partial charge in [0.1, 0.15) is 11.4 Å². The molecule has 0 atom stereocenters. The molecule has 0 radical (unpaired) electrons. The van der Waals surface area contributed by atoms with Crippen molar-refractivity contribution in [2.24, 2.45) is 0 Å². The first kappa shape index (κ1) is 24.0. The molecule has 12 heteroatoms. The van der Waals surface area contributed by atoms with Gasteiger partial charge in [0.2, 0.25) is 5.43 Å². The molecule has 36 heavy (non-hydrogen) atoms. The third-order valence-electron chi connectivity index (χ3n) is 6.62. The topological polar surface area (TPSA) is 135 Å². The summed E-state index contributed by atoms with van der Waals surface area (Å²) in [5, 5.41) is 29.5. The number of amides is 1. The van der Waals surface area contributed by atoms with Crippen LogP contribution in [0.15, 0.2) is 47.4 Å². The standard InChI is InChI=1S/C24H24BFN4O6/c26-19-11-17-20(30(16-5-6-16)13-18(22(17)31)24(33)34)12-21(19)28-7-9-29(10-8-28)27-23(32)14-1-3-15(4-2-14)25(35)36/h1-4,11-13,16,35-36H,5-10H2,(H,27,32)(H,33,34). The number of benzene rings is 2. The van der Waals surface area contributed by atoms with Crippen LogP contribution in [0.5, 0.6) is 0 Å². The molecule has 1 amide bonds. The van der Waals surface area contributed by atoms with E-state index in [0.29, 0.717) is 42.9 Å². The number of carbonyl (C=O) groups excluding carboxylic acids is 1. The number of rotatable bonds is 6. The van der Waals surface area contributed by atoms with Gasteiger partial charge in [-0.2, -0.15) is 0 Å². The summed E-state index contributed by atoms with van der Waals surface area (Å²) in [4.78, 5) is 38.6. The molecule has 3 aromatic rings. The number of carboxylic acids is 1. The first-order valence-electron chi connectivity index (χ1n) is 11.6. The fourth-order valence-corrected chi connectivity index (χ4v) is 4.48. The number of piperazine rings is 1. The minimum absolute atomic E-state index is 0.0497. The normalized spacial score (nSPS) is 16.2. The van der Waals surface area contributed by atoms with Crippen molar-refractivity contribution in [3.8, 4) is 0 Å². The predicted octanol–water partition coefficient (Wildman–Crippen LogP) is 0.321. The van der Waals surface area contributed by atoms with Crippen LogP contribution >= 0.6 is 0 Å². The number of hydrogen-bond acceptors (Lipinski definition) is 7. The Morgan fingerprint density at radius 1 is 1.03 bits per heavy atom. The van der Waals surface area contributed by atoms with E-state index in [1.165, 1.54) is 30.5 Å². The summed E-state index contributed by atoms with van der Waals surface area (Å²) in [5.74, 6) is -2.28. The van der Waals surface area contributed by atoms with Crippen LogP contribution < -0.4 is 21.2 Å². The number of nitrogens with zero attached hydrogens (tertiary/aromatic N) is 3. The molecule has 1 aliphatic heterocycles. The molecule has 1 saturated heterocycles. The van der Waals surface area contributed by atoms with Crippen molar-refractivity contribution in [1.82, 2.24) is 15.0 Å². The summed E-state index contributed by atoms with van der Waals surface area (Å²) in [7, 11) is -1.61. The lowest BCUT2D eigenvalue weighted by molar-refractivity contribution is 0.0694. The van der Waals surface area contributed by atoms with Gasteiger partial charge in [-0.25, -0.2) is 14.2 Å². The van der Waals surface area contributed by atoms with E-state index in [1.54, 1.807) is 15.6 Å². The third kappa shape index (κ3) is 4.58. The molecule has 2 aromatic carbocycles. The maximum atomic E-state index is 15.1. The lowest BCUT2D eigenvalue weighted by Crippen LogP contribution is -2.53. The van der Waals surface area contributed by atoms with Crippen molar-refractivity contribution in [2.75, 3.05) is 31.1 Å². The Hall–Kier alpha value is -3.74. The van der Waals surface area contributed by atoms with E-state index in [1.807, 2.05) is 4.90 Å². The first-order chi connectivity index (χ1) is 17.2. The molecule has 2 heterocycles. The Kier molecular flexibility index (Phi) is 6.25. The van der Waals surface area contributed by atoms with Crippen molar-refractivity contribution in [2.45, 2.75) is 18.9 Å². The highest BCUT2D eigenvalue weighted by Gasteiger charge is 2.29. The van der Waals surface area contributed by atoms with Crippen molar-refractivity contribution in [3.63, 3.8) is 0 Å². The quantitative estimate of drug-likeness (QED) is 0.360. The number of aromatic nitrogens is 1. The van der Waals surface area contributed by atoms with Gasteiger partial charge in [-0.1, -0.05) is 12.1 Å². The van der Waals surface area contributed by atoms with Gasteiger partial charge in [-0.3, -0.25) is 15.0 Å². The highest BCUT2D eigenvalue weighted by atomic mass is 19.1. The average Bonchev–Trinajstić information content (AvgIpc) is 3.70. The number of carbonyl (C=O) groups is 2. The van der Waals surface area contributed by atoms with Crippen LogP contribution in [0.4, 0.5) is 10.1 Å². The van der Waals surface area contributed by atoms with E-state index in [-0.39, 0.29) is 28.4 Å². The third-order valence-corrected chi connectivity index (χ3v) is 6.62. The number of hydrogen-bond donors (Lipinski definition) is 4. The number of carboxylic acid groups (broad SMARTS) is 1. The van der Waals surface area contributed by atoms with Crippen LogP contribution in [0, 0.1) is 5.82 Å². The lowest BCUT2D eigenvalue weighted by atomic mass is 9.80. The second-order valence-corrected chi connectivity index (χ2v) is 9.05. The summed E-state index contributed by atoms with van der Waals surface area (Å²) in [5.41, 5.74) is 3.21. The monoisotopic (exact) mass is 494 g/mol. The van der Waals surface area contributed by atoms with Crippen molar-refractivity contribution >= 4 is 41.0 Å². The summed E-state index contributed by atoms with van der Waals surface area (Å²) in [6.07, 6.45) is 3.09. The molecule has 2 fully saturated rings. The van der Waals surface area contributed by atoms with E-state index in [4.69, 9.17) is 0 Å². The van der Waals surface area contributed by atoms with E-state index >= 15 is 4.39 Å². The molecule has 1 aliphatic carbocycles. The fourth-order valence-electron chi connectivity index (χ4n) is 4.48. The largest absolute Gasteiger partial charge is 0.488 e. The molecular formula is C24H24BFN4O6. The van der Waals surface area contributed by atoms with Gasteiger partial charge < -0.3 is 24.6 Å². The van der Waals surface area contributed by atoms with Crippen LogP contribution in [0.3, 0.4) is 0 Å². The maximum absolute atomic E-state index is 15.1. The molecule has 1 saturated carbocycles. The average molecular weight is 494 g/mol. The Labute approximate surface area is 205 Å². The summed E-state index contributed by atoms with van der Waals surface area (Å²) < 4.78 is 16.9. The first-order valence-corrected chi connectivity index (χ1v) is 11.6. The molecule has 186 valence electrons. The fraction of sp³-hybridized carbons (Fsp3) is 0.292. The molecule has 0 unspecified atom stereocenters. The van der Waals surface area contributed by atoms with Gasteiger partial charge in [-0.05, 0) is 42.6 Å². The Morgan fingerprint density at radius 2 is 1.69 bits per heavy atom. The van der Waals surface area contributed by atoms with E-state index in [2.05, 4.69) is 5.43 Å². The van der Waals surface area contributed by atoms with Gasteiger partial charge >= 0.3 is 13.1 Å². The SMILES string of the molecule is O=C(NN1CCN(c2cc3c(cc2F)c(=O)c(C(=O)O)cn3C2CC2)CC1)c1ccc(B(O)O)cc1. The number of nitrogens with one attached hydrogen (secondary N) is 1. The summed E-state index contributed by atoms with van der Waals surface area (Å²) in [6, 6.07) is 8.74. The summed E-state index contributed by atoms with van der Waals surface area (Å²) in [6.45, 7) is 1.67. The second-order valence-electron chi connectivity index (χ2n) is 9.05. The number of aromatic carboxylic acids is 1. The van der Waals surface area contributed by atoms with Crippen LogP contribution in [-0.2, 0) is 0 Å². The van der Waals surface area contributed by atoms with Gasteiger partial charge in [0.25, 0.3) is 5.91 Å². The van der Waals surface area contributed by atoms with E-state index in [9.17, 15) is 29.5 Å². The van der Waals surface area contributed by atoms with E-state index in [0.717, 1.165) is 18.9 Å². The highest BCUT2D eigenvalue weighted by molar-refractivity contribution is 6.58. The van der Waals surface area contributed by atoms with Crippen LogP contribution in [0.2, 0.25) is 0 Å². The number of hydrazine groups is 1. The zero-order valence-corrected chi connectivity index (χ0v) is 19.2. The van der Waals surface area contributed by atoms with E-state index < -0.39 is 24.3 Å². The number of pyridine rings is 1.